The van der Waals surface area contributed by atoms with E-state index in [2.05, 4.69) is 26.8 Å². The first-order valence-electron chi connectivity index (χ1n) is 6.42. The summed E-state index contributed by atoms with van der Waals surface area (Å²) in [5.74, 6) is 0. The predicted octanol–water partition coefficient (Wildman–Crippen LogP) is 4.85. The van der Waals surface area contributed by atoms with Crippen molar-refractivity contribution in [3.63, 3.8) is 0 Å². The predicted molar refractivity (Wildman–Crippen MR) is 69.3 cm³/mol. The number of rotatable bonds is 2. The van der Waals surface area contributed by atoms with Crippen LogP contribution in [-0.2, 0) is 0 Å². The quantitative estimate of drug-likeness (QED) is 0.613. The van der Waals surface area contributed by atoms with Crippen LogP contribution in [0.1, 0.15) is 52.9 Å². The second-order valence-corrected chi connectivity index (χ2v) is 5.50. The van der Waals surface area contributed by atoms with Gasteiger partial charge in [-0.05, 0) is 75.2 Å². The molecule has 0 spiro atoms. The minimum absolute atomic E-state index is 1.18. The molecule has 1 fully saturated rings. The Morgan fingerprint density at radius 2 is 1.75 bits per heavy atom. The molecule has 0 amide bonds. The van der Waals surface area contributed by atoms with E-state index in [1.165, 1.54) is 32.1 Å². The average molecular weight is 212 g/mol. The highest BCUT2D eigenvalue weighted by Crippen LogP contribution is 2.46. The maximum absolute atomic E-state index is 2.43. The van der Waals surface area contributed by atoms with Crippen LogP contribution in [0.4, 0.5) is 0 Å². The monoisotopic (exact) mass is 212 g/mol. The molecular formula is C16H20. The first-order valence-corrected chi connectivity index (χ1v) is 6.42. The van der Waals surface area contributed by atoms with Crippen molar-refractivity contribution < 1.29 is 0 Å². The Bertz CT molecular complexity index is 478. The van der Waals surface area contributed by atoms with E-state index in [1.54, 1.807) is 39.0 Å². The van der Waals surface area contributed by atoms with Gasteiger partial charge in [0, 0.05) is 0 Å². The third-order valence-corrected chi connectivity index (χ3v) is 4.71. The molecule has 0 nitrogen and oxygen atoms in total. The fraction of sp³-hybridized carbons (Fsp3) is 0.500. The van der Waals surface area contributed by atoms with Gasteiger partial charge in [0.05, 0.1) is 0 Å². The molecule has 0 saturated heterocycles. The maximum Gasteiger partial charge on any atom is -0.00239 e. The molecule has 0 atom stereocenters. The van der Waals surface area contributed by atoms with E-state index in [0.29, 0.717) is 0 Å². The van der Waals surface area contributed by atoms with Crippen molar-refractivity contribution in [2.75, 3.05) is 0 Å². The lowest BCUT2D eigenvalue weighted by Gasteiger charge is -2.14. The zero-order chi connectivity index (χ0) is 11.3. The van der Waals surface area contributed by atoms with Crippen LogP contribution >= 0.6 is 0 Å². The molecule has 0 radical (unpaired) electrons. The van der Waals surface area contributed by atoms with E-state index in [1.807, 2.05) is 0 Å². The Morgan fingerprint density at radius 1 is 1.00 bits per heavy atom. The first kappa shape index (κ1) is 10.1. The molecule has 0 heteroatoms. The van der Waals surface area contributed by atoms with Gasteiger partial charge in [0.2, 0.25) is 0 Å². The smallest absolute Gasteiger partial charge is 0.00239 e. The summed E-state index contributed by atoms with van der Waals surface area (Å²) in [5.41, 5.74) is 11.5. The third kappa shape index (κ3) is 1.36. The molecular weight excluding hydrogens is 192 g/mol. The number of hydrogen-bond acceptors (Lipinski definition) is 0. The van der Waals surface area contributed by atoms with Crippen molar-refractivity contribution in [3.8, 4) is 0 Å². The molecule has 0 heterocycles. The van der Waals surface area contributed by atoms with Crippen LogP contribution in [0.5, 0.6) is 0 Å². The molecule has 0 aromatic rings. The second-order valence-electron chi connectivity index (χ2n) is 5.50. The van der Waals surface area contributed by atoms with Gasteiger partial charge in [-0.3, -0.25) is 0 Å². The van der Waals surface area contributed by atoms with Gasteiger partial charge in [0.15, 0.2) is 0 Å². The van der Waals surface area contributed by atoms with Crippen molar-refractivity contribution in [2.45, 2.75) is 52.9 Å². The zero-order valence-electron chi connectivity index (χ0n) is 10.6. The Hall–Kier alpha value is -1.04. The minimum Gasteiger partial charge on any atom is -0.0766 e. The first-order chi connectivity index (χ1) is 7.66. The summed E-state index contributed by atoms with van der Waals surface area (Å²) in [5, 5.41) is 0. The lowest BCUT2D eigenvalue weighted by atomic mass is 9.91. The molecule has 84 valence electrons. The Kier molecular flexibility index (Phi) is 2.20. The van der Waals surface area contributed by atoms with Crippen LogP contribution in [0.2, 0.25) is 0 Å². The van der Waals surface area contributed by atoms with Gasteiger partial charge in [-0.2, -0.15) is 0 Å². The van der Waals surface area contributed by atoms with E-state index < -0.39 is 0 Å². The fourth-order valence-electron chi connectivity index (χ4n) is 3.30. The molecule has 0 N–H and O–H groups in total. The Labute approximate surface area is 98.4 Å². The molecule has 3 aliphatic carbocycles. The van der Waals surface area contributed by atoms with Gasteiger partial charge < -0.3 is 0 Å². The van der Waals surface area contributed by atoms with Crippen molar-refractivity contribution in [3.05, 3.63) is 45.1 Å². The Balaban J connectivity index is 1.86. The molecule has 1 saturated carbocycles. The molecule has 2 bridgehead atoms. The lowest BCUT2D eigenvalue weighted by Crippen LogP contribution is -1.95. The van der Waals surface area contributed by atoms with Crippen LogP contribution in [0.25, 0.3) is 0 Å². The molecule has 0 aromatic carbocycles. The van der Waals surface area contributed by atoms with Crippen LogP contribution in [0.15, 0.2) is 45.1 Å². The summed E-state index contributed by atoms with van der Waals surface area (Å²) >= 11 is 0. The van der Waals surface area contributed by atoms with Crippen LogP contribution in [0, 0.1) is 0 Å². The van der Waals surface area contributed by atoms with Crippen LogP contribution < -0.4 is 0 Å². The summed E-state index contributed by atoms with van der Waals surface area (Å²) in [7, 11) is 0. The highest BCUT2D eigenvalue weighted by atomic mass is 14.3. The summed E-state index contributed by atoms with van der Waals surface area (Å²) in [6.07, 6.45) is 8.81. The van der Waals surface area contributed by atoms with Gasteiger partial charge in [-0.25, -0.2) is 0 Å². The topological polar surface area (TPSA) is 0 Å². The highest BCUT2D eigenvalue weighted by molar-refractivity contribution is 5.54. The van der Waals surface area contributed by atoms with Gasteiger partial charge >= 0.3 is 0 Å². The Morgan fingerprint density at radius 3 is 2.31 bits per heavy atom. The van der Waals surface area contributed by atoms with Gasteiger partial charge in [-0.15, -0.1) is 0 Å². The average Bonchev–Trinajstić information content (AvgIpc) is 2.92. The molecule has 3 aliphatic rings. The van der Waals surface area contributed by atoms with Gasteiger partial charge in [0.25, 0.3) is 0 Å². The molecule has 0 aliphatic heterocycles. The standard InChI is InChI=1S/C16H20/c1-10-4-5-14(11(10)2)9-16-12(3)13-6-7-15(16)8-13/h5H,4,6-9H2,1-3H3. The van der Waals surface area contributed by atoms with E-state index in [0.717, 1.165) is 0 Å². The normalized spacial score (nSPS) is 24.1. The maximum atomic E-state index is 2.43. The molecule has 0 unspecified atom stereocenters. The summed E-state index contributed by atoms with van der Waals surface area (Å²) in [6, 6.07) is 0. The number of fused-ring (bicyclic) bond motifs is 2. The van der Waals surface area contributed by atoms with Gasteiger partial charge in [-0.1, -0.05) is 22.8 Å². The zero-order valence-corrected chi connectivity index (χ0v) is 10.6. The van der Waals surface area contributed by atoms with E-state index in [4.69, 9.17) is 0 Å². The van der Waals surface area contributed by atoms with E-state index >= 15 is 0 Å². The van der Waals surface area contributed by atoms with Crippen LogP contribution in [0.3, 0.4) is 0 Å². The van der Waals surface area contributed by atoms with Crippen LogP contribution in [-0.4, -0.2) is 0 Å². The SMILES string of the molecule is CC1=C(C)C(CC2=C3CCC(=C2C)C3)=CC1. The number of hydrogen-bond donors (Lipinski definition) is 0. The van der Waals surface area contributed by atoms with Gasteiger partial charge in [0.1, 0.15) is 0 Å². The second kappa shape index (κ2) is 3.48. The summed E-state index contributed by atoms with van der Waals surface area (Å²) in [4.78, 5) is 0. The molecule has 16 heavy (non-hydrogen) atoms. The van der Waals surface area contributed by atoms with E-state index in [-0.39, 0.29) is 0 Å². The molecule has 0 aromatic heterocycles. The third-order valence-electron chi connectivity index (χ3n) is 4.71. The van der Waals surface area contributed by atoms with Crippen molar-refractivity contribution in [1.82, 2.24) is 0 Å². The van der Waals surface area contributed by atoms with Crippen molar-refractivity contribution in [2.24, 2.45) is 0 Å². The number of allylic oxidation sites excluding steroid dienone is 8. The summed E-state index contributed by atoms with van der Waals surface area (Å²) < 4.78 is 0. The highest BCUT2D eigenvalue weighted by Gasteiger charge is 2.27. The summed E-state index contributed by atoms with van der Waals surface area (Å²) in [6.45, 7) is 6.89. The fourth-order valence-corrected chi connectivity index (χ4v) is 3.30. The van der Waals surface area contributed by atoms with Crippen molar-refractivity contribution >= 4 is 0 Å². The molecule has 3 rings (SSSR count). The van der Waals surface area contributed by atoms with E-state index in [9.17, 15) is 0 Å². The minimum atomic E-state index is 1.18. The largest absolute Gasteiger partial charge is 0.0766 e. The lowest BCUT2D eigenvalue weighted by molar-refractivity contribution is 0.960. The van der Waals surface area contributed by atoms with Crippen molar-refractivity contribution in [1.29, 1.82) is 0 Å².